The molecule has 1 unspecified atom stereocenters. The van der Waals surface area contributed by atoms with Crippen molar-refractivity contribution in [2.24, 2.45) is 0 Å². The lowest BCUT2D eigenvalue weighted by atomic mass is 10.2. The van der Waals surface area contributed by atoms with Gasteiger partial charge >= 0.3 is 0 Å². The van der Waals surface area contributed by atoms with Crippen molar-refractivity contribution in [3.8, 4) is 5.75 Å². The predicted molar refractivity (Wildman–Crippen MR) is 80.1 cm³/mol. The lowest BCUT2D eigenvalue weighted by Gasteiger charge is -2.11. The SMILES string of the molecule is O=C(COc1ccccc1)NCC(=O)NC1CCS(=O)(=O)C1. The van der Waals surface area contributed by atoms with E-state index >= 15 is 0 Å². The number of ether oxygens (including phenoxy) is 1. The van der Waals surface area contributed by atoms with E-state index in [1.54, 1.807) is 24.3 Å². The number of amides is 2. The van der Waals surface area contributed by atoms with Gasteiger partial charge in [0.1, 0.15) is 5.75 Å². The van der Waals surface area contributed by atoms with E-state index in [4.69, 9.17) is 4.74 Å². The topological polar surface area (TPSA) is 102 Å². The number of nitrogens with one attached hydrogen (secondary N) is 2. The minimum absolute atomic E-state index is 0.0379. The second-order valence-electron chi connectivity index (χ2n) is 5.05. The molecule has 0 spiro atoms. The standard InChI is InChI=1S/C14H18N2O5S/c17-13(16-11-6-7-22(19,20)10-11)8-15-14(18)9-21-12-4-2-1-3-5-12/h1-5,11H,6-10H2,(H,15,18)(H,16,17). The van der Waals surface area contributed by atoms with Gasteiger partial charge in [-0.15, -0.1) is 0 Å². The maximum absolute atomic E-state index is 11.6. The minimum atomic E-state index is -3.03. The van der Waals surface area contributed by atoms with Crippen LogP contribution in [-0.2, 0) is 19.4 Å². The monoisotopic (exact) mass is 326 g/mol. The zero-order valence-electron chi connectivity index (χ0n) is 11.9. The first-order chi connectivity index (χ1) is 10.4. The fourth-order valence-corrected chi connectivity index (χ4v) is 3.76. The highest BCUT2D eigenvalue weighted by molar-refractivity contribution is 7.91. The number of carbonyl (C=O) groups excluding carboxylic acids is 2. The highest BCUT2D eigenvalue weighted by Gasteiger charge is 2.28. The molecule has 2 amide bonds. The van der Waals surface area contributed by atoms with Gasteiger partial charge in [0.2, 0.25) is 5.91 Å². The van der Waals surface area contributed by atoms with Gasteiger partial charge in [0, 0.05) is 6.04 Å². The van der Waals surface area contributed by atoms with Gasteiger partial charge in [-0.2, -0.15) is 0 Å². The summed E-state index contributed by atoms with van der Waals surface area (Å²) in [5.41, 5.74) is 0. The number of sulfone groups is 1. The summed E-state index contributed by atoms with van der Waals surface area (Å²) in [7, 11) is -3.03. The number of para-hydroxylation sites is 1. The summed E-state index contributed by atoms with van der Waals surface area (Å²) in [6, 6.07) is 8.49. The van der Waals surface area contributed by atoms with Crippen molar-refractivity contribution < 1.29 is 22.7 Å². The normalized spacial score (nSPS) is 19.4. The van der Waals surface area contributed by atoms with Gasteiger partial charge in [-0.3, -0.25) is 9.59 Å². The fraction of sp³-hybridized carbons (Fsp3) is 0.429. The molecule has 2 rings (SSSR count). The van der Waals surface area contributed by atoms with Crippen molar-refractivity contribution >= 4 is 21.7 Å². The molecular weight excluding hydrogens is 308 g/mol. The number of benzene rings is 1. The minimum Gasteiger partial charge on any atom is -0.484 e. The summed E-state index contributed by atoms with van der Waals surface area (Å²) < 4.78 is 27.8. The highest BCUT2D eigenvalue weighted by atomic mass is 32.2. The van der Waals surface area contributed by atoms with Crippen LogP contribution >= 0.6 is 0 Å². The number of carbonyl (C=O) groups is 2. The summed E-state index contributed by atoms with van der Waals surface area (Å²) in [5.74, 6) is -0.203. The Labute approximate surface area is 129 Å². The van der Waals surface area contributed by atoms with E-state index < -0.39 is 21.7 Å². The van der Waals surface area contributed by atoms with E-state index in [1.807, 2.05) is 6.07 Å². The molecule has 1 aliphatic rings. The second kappa shape index (κ2) is 7.26. The number of rotatable bonds is 6. The number of hydrogen-bond acceptors (Lipinski definition) is 5. The van der Waals surface area contributed by atoms with E-state index in [2.05, 4.69) is 10.6 Å². The van der Waals surface area contributed by atoms with Gasteiger partial charge < -0.3 is 15.4 Å². The Kier molecular flexibility index (Phi) is 5.37. The Bertz CT molecular complexity index is 630. The molecule has 7 nitrogen and oxygen atoms in total. The van der Waals surface area contributed by atoms with Gasteiger partial charge in [-0.05, 0) is 18.6 Å². The van der Waals surface area contributed by atoms with Crippen LogP contribution in [0.15, 0.2) is 30.3 Å². The van der Waals surface area contributed by atoms with Crippen LogP contribution in [0.5, 0.6) is 5.75 Å². The Morgan fingerprint density at radius 2 is 1.91 bits per heavy atom. The zero-order valence-corrected chi connectivity index (χ0v) is 12.8. The van der Waals surface area contributed by atoms with Crippen molar-refractivity contribution in [3.05, 3.63) is 30.3 Å². The van der Waals surface area contributed by atoms with Crippen molar-refractivity contribution in [3.63, 3.8) is 0 Å². The summed E-state index contributed by atoms with van der Waals surface area (Å²) in [6.07, 6.45) is 0.416. The highest BCUT2D eigenvalue weighted by Crippen LogP contribution is 2.10. The molecule has 1 aliphatic heterocycles. The Hall–Kier alpha value is -2.09. The van der Waals surface area contributed by atoms with Gasteiger partial charge in [0.15, 0.2) is 16.4 Å². The molecule has 0 radical (unpaired) electrons. The van der Waals surface area contributed by atoms with Crippen molar-refractivity contribution in [1.29, 1.82) is 0 Å². The van der Waals surface area contributed by atoms with Crippen LogP contribution in [0.4, 0.5) is 0 Å². The predicted octanol–water partition coefficient (Wildman–Crippen LogP) is -0.515. The molecule has 120 valence electrons. The average molecular weight is 326 g/mol. The molecule has 0 aromatic heterocycles. The third-order valence-electron chi connectivity index (χ3n) is 3.16. The first-order valence-corrected chi connectivity index (χ1v) is 8.71. The first-order valence-electron chi connectivity index (χ1n) is 6.89. The van der Waals surface area contributed by atoms with Crippen molar-refractivity contribution in [2.45, 2.75) is 12.5 Å². The van der Waals surface area contributed by atoms with E-state index in [0.29, 0.717) is 12.2 Å². The maximum Gasteiger partial charge on any atom is 0.258 e. The van der Waals surface area contributed by atoms with Crippen LogP contribution in [0, 0.1) is 0 Å². The van der Waals surface area contributed by atoms with Gasteiger partial charge in [-0.25, -0.2) is 8.42 Å². The molecule has 0 saturated carbocycles. The van der Waals surface area contributed by atoms with E-state index in [1.165, 1.54) is 0 Å². The maximum atomic E-state index is 11.6. The molecule has 1 aromatic carbocycles. The quantitative estimate of drug-likeness (QED) is 0.733. The van der Waals surface area contributed by atoms with Gasteiger partial charge in [-0.1, -0.05) is 18.2 Å². The summed E-state index contributed by atoms with van der Waals surface area (Å²) in [6.45, 7) is -0.386. The third-order valence-corrected chi connectivity index (χ3v) is 4.92. The Balaban J connectivity index is 1.65. The molecule has 8 heteroatoms. The molecule has 1 heterocycles. The van der Waals surface area contributed by atoms with Crippen molar-refractivity contribution in [1.82, 2.24) is 10.6 Å². The van der Waals surface area contributed by atoms with Gasteiger partial charge in [0.05, 0.1) is 18.1 Å². The summed E-state index contributed by atoms with van der Waals surface area (Å²) in [5, 5.41) is 5.01. The zero-order chi connectivity index (χ0) is 16.0. The van der Waals surface area contributed by atoms with Crippen LogP contribution in [0.3, 0.4) is 0 Å². The van der Waals surface area contributed by atoms with Crippen LogP contribution in [0.25, 0.3) is 0 Å². The van der Waals surface area contributed by atoms with E-state index in [-0.39, 0.29) is 30.7 Å². The smallest absolute Gasteiger partial charge is 0.258 e. The van der Waals surface area contributed by atoms with E-state index in [0.717, 1.165) is 0 Å². The molecule has 1 atom stereocenters. The molecule has 1 fully saturated rings. The molecule has 22 heavy (non-hydrogen) atoms. The molecule has 0 bridgehead atoms. The van der Waals surface area contributed by atoms with Crippen molar-refractivity contribution in [2.75, 3.05) is 24.7 Å². The molecule has 0 aliphatic carbocycles. The first kappa shape index (κ1) is 16.3. The summed E-state index contributed by atoms with van der Waals surface area (Å²) >= 11 is 0. The second-order valence-corrected chi connectivity index (χ2v) is 7.27. The lowest BCUT2D eigenvalue weighted by molar-refractivity contribution is -0.127. The van der Waals surface area contributed by atoms with Crippen LogP contribution in [-0.4, -0.2) is 50.9 Å². The lowest BCUT2D eigenvalue weighted by Crippen LogP contribution is -2.43. The fourth-order valence-electron chi connectivity index (χ4n) is 2.08. The van der Waals surface area contributed by atoms with Gasteiger partial charge in [0.25, 0.3) is 5.91 Å². The molecule has 1 saturated heterocycles. The summed E-state index contributed by atoms with van der Waals surface area (Å²) in [4.78, 5) is 23.2. The average Bonchev–Trinajstić information content (AvgIpc) is 2.83. The van der Waals surface area contributed by atoms with Crippen LogP contribution in [0.2, 0.25) is 0 Å². The Morgan fingerprint density at radius 3 is 2.55 bits per heavy atom. The van der Waals surface area contributed by atoms with Crippen LogP contribution in [0.1, 0.15) is 6.42 Å². The van der Waals surface area contributed by atoms with Crippen LogP contribution < -0.4 is 15.4 Å². The molecular formula is C14H18N2O5S. The molecule has 2 N–H and O–H groups in total. The van der Waals surface area contributed by atoms with E-state index in [9.17, 15) is 18.0 Å². The number of hydrogen-bond donors (Lipinski definition) is 2. The third kappa shape index (κ3) is 5.36. The Morgan fingerprint density at radius 1 is 1.18 bits per heavy atom. The largest absolute Gasteiger partial charge is 0.484 e. The molecule has 1 aromatic rings.